The van der Waals surface area contributed by atoms with E-state index in [1.54, 1.807) is 17.7 Å². The Morgan fingerprint density at radius 1 is 0.945 bits per heavy atom. The number of aliphatic hydroxyl groups excluding tert-OH is 1. The van der Waals surface area contributed by atoms with E-state index in [9.17, 15) is 14.7 Å². The average molecular weight is 817 g/mol. The second kappa shape index (κ2) is 21.0. The topological polar surface area (TPSA) is 173 Å². The van der Waals surface area contributed by atoms with Gasteiger partial charge in [-0.1, -0.05) is 30.2 Å². The van der Waals surface area contributed by atoms with Crippen LogP contribution in [-0.4, -0.2) is 120 Å². The summed E-state index contributed by atoms with van der Waals surface area (Å²) in [7, 11) is 0. The van der Waals surface area contributed by atoms with Crippen LogP contribution in [0.5, 0.6) is 0 Å². The maximum atomic E-state index is 13.1. The molecule has 3 aromatic rings. The van der Waals surface area contributed by atoms with Crippen molar-refractivity contribution in [3.63, 3.8) is 0 Å². The van der Waals surface area contributed by atoms with Crippen LogP contribution in [0.4, 0.5) is 0 Å². The lowest BCUT2D eigenvalue weighted by atomic mass is 9.99. The number of hydrogen-bond donors (Lipinski definition) is 5. The van der Waals surface area contributed by atoms with Crippen LogP contribution in [0.2, 0.25) is 5.02 Å². The number of halogens is 1. The van der Waals surface area contributed by atoms with Crippen LogP contribution in [0, 0.1) is 13.8 Å². The van der Waals surface area contributed by atoms with Gasteiger partial charge in [0.2, 0.25) is 11.8 Å². The summed E-state index contributed by atoms with van der Waals surface area (Å²) in [6, 6.07) is 7.77. The van der Waals surface area contributed by atoms with Crippen molar-refractivity contribution < 1.29 is 28.9 Å². The second-order valence-electron chi connectivity index (χ2n) is 14.0. The third-order valence-corrected chi connectivity index (χ3v) is 13.0. The zero-order valence-corrected chi connectivity index (χ0v) is 33.9. The quantitative estimate of drug-likeness (QED) is 0.0934. The molecule has 55 heavy (non-hydrogen) atoms. The monoisotopic (exact) mass is 816 g/mol. The summed E-state index contributed by atoms with van der Waals surface area (Å²) in [5.41, 5.74) is 3.92. The van der Waals surface area contributed by atoms with E-state index in [1.807, 2.05) is 40.6 Å². The first-order valence-electron chi connectivity index (χ1n) is 19.2. The third kappa shape index (κ3) is 11.6. The number of benzene rings is 1. The molecule has 2 fully saturated rings. The van der Waals surface area contributed by atoms with Gasteiger partial charge in [-0.25, -0.2) is 0 Å². The maximum Gasteiger partial charge on any atom is 0.222 e. The first-order valence-corrected chi connectivity index (χ1v) is 21.5. The first kappa shape index (κ1) is 41.7. The second-order valence-corrected chi connectivity index (χ2v) is 16.9. The average Bonchev–Trinajstić information content (AvgIpc) is 3.94. The van der Waals surface area contributed by atoms with Crippen molar-refractivity contribution in [2.24, 2.45) is 4.99 Å². The van der Waals surface area contributed by atoms with E-state index >= 15 is 0 Å². The number of aryl methyl sites for hydroxylation is 1. The molecule has 2 aromatic heterocycles. The standard InChI is InChI=1S/C38H53ClN8O6S2/c1-24-25(2)55-37-33(24)34(26-9-11-27(39)12-10-26)43-28(36-46-42-23-47(36)37)21-32(49)41-14-6-16-52-18-20-53-19-17-51-15-5-13-40-31(48)8-4-3-7-30-35-29(22-54-30)44-38(50)45-35/h9-12,23,28-30,35,38,44-45,50H,3-8,13-22H2,1-2H3,(H,40,48)(H,41,49)/t28?,29-,30-,35-,38?/m1/s1. The fourth-order valence-electron chi connectivity index (χ4n) is 7.01. The molecule has 0 aliphatic carbocycles. The van der Waals surface area contributed by atoms with Crippen LogP contribution in [0.15, 0.2) is 35.6 Å². The van der Waals surface area contributed by atoms with Crippen molar-refractivity contribution in [2.45, 2.75) is 88.5 Å². The highest BCUT2D eigenvalue weighted by atomic mass is 35.5. The molecule has 14 nitrogen and oxygen atoms in total. The number of ether oxygens (including phenoxy) is 3. The zero-order valence-electron chi connectivity index (χ0n) is 31.6. The maximum absolute atomic E-state index is 13.1. The van der Waals surface area contributed by atoms with Gasteiger partial charge in [0, 0.05) is 76.8 Å². The largest absolute Gasteiger partial charge is 0.379 e. The van der Waals surface area contributed by atoms with Crippen LogP contribution in [0.3, 0.4) is 0 Å². The molecular formula is C38H53ClN8O6S2. The number of rotatable bonds is 22. The number of aromatic nitrogens is 3. The highest BCUT2D eigenvalue weighted by Gasteiger charge is 2.42. The van der Waals surface area contributed by atoms with Gasteiger partial charge >= 0.3 is 0 Å². The smallest absolute Gasteiger partial charge is 0.222 e. The number of amides is 2. The van der Waals surface area contributed by atoms with E-state index < -0.39 is 12.4 Å². The highest BCUT2D eigenvalue weighted by Crippen LogP contribution is 2.39. The Labute approximate surface area is 335 Å². The number of hydrogen-bond acceptors (Lipinski definition) is 13. The molecule has 0 saturated carbocycles. The minimum atomic E-state index is -0.596. The van der Waals surface area contributed by atoms with E-state index in [-0.39, 0.29) is 18.2 Å². The summed E-state index contributed by atoms with van der Waals surface area (Å²) in [6.07, 6.45) is 6.13. The number of aliphatic imine (C=N–C) groups is 1. The minimum Gasteiger partial charge on any atom is -0.379 e. The normalized spacial score (nSPS) is 21.5. The molecule has 17 heteroatoms. The number of unbranched alkanes of at least 4 members (excludes halogenated alkanes) is 1. The molecular weight excluding hydrogens is 764 g/mol. The van der Waals surface area contributed by atoms with E-state index in [0.717, 1.165) is 58.8 Å². The summed E-state index contributed by atoms with van der Waals surface area (Å²) in [4.78, 5) is 31.6. The van der Waals surface area contributed by atoms with Gasteiger partial charge in [-0.3, -0.25) is 29.8 Å². The van der Waals surface area contributed by atoms with Crippen LogP contribution in [0.1, 0.15) is 78.4 Å². The van der Waals surface area contributed by atoms with Gasteiger partial charge in [-0.2, -0.15) is 11.8 Å². The minimum absolute atomic E-state index is 0.0849. The number of fused-ring (bicyclic) bond motifs is 4. The molecule has 6 rings (SSSR count). The van der Waals surface area contributed by atoms with Crippen molar-refractivity contribution in [1.82, 2.24) is 36.0 Å². The summed E-state index contributed by atoms with van der Waals surface area (Å²) in [5, 5.41) is 32.7. The molecule has 0 spiro atoms. The summed E-state index contributed by atoms with van der Waals surface area (Å²) >= 11 is 9.81. The summed E-state index contributed by atoms with van der Waals surface area (Å²) < 4.78 is 18.8. The number of thioether (sulfide) groups is 1. The Kier molecular flexibility index (Phi) is 15.9. The Hall–Kier alpha value is -2.93. The molecule has 0 radical (unpaired) electrons. The number of carbonyl (C=O) groups excluding carboxylic acids is 2. The number of nitrogens with one attached hydrogen (secondary N) is 4. The molecule has 0 bridgehead atoms. The van der Waals surface area contributed by atoms with E-state index in [2.05, 4.69) is 45.3 Å². The molecule has 5 atom stereocenters. The van der Waals surface area contributed by atoms with Crippen LogP contribution in [-0.2, 0) is 23.8 Å². The Morgan fingerprint density at radius 3 is 2.36 bits per heavy atom. The molecule has 5 heterocycles. The van der Waals surface area contributed by atoms with Crippen LogP contribution in [0.25, 0.3) is 5.00 Å². The molecule has 2 unspecified atom stereocenters. The lowest BCUT2D eigenvalue weighted by Crippen LogP contribution is -2.38. The molecule has 1 aromatic carbocycles. The molecule has 300 valence electrons. The van der Waals surface area contributed by atoms with Gasteiger partial charge in [0.05, 0.1) is 38.6 Å². The number of carbonyl (C=O) groups is 2. The summed E-state index contributed by atoms with van der Waals surface area (Å²) in [5.74, 6) is 1.62. The molecule has 2 amide bonds. The predicted octanol–water partition coefficient (Wildman–Crippen LogP) is 3.83. The molecule has 5 N–H and O–H groups in total. The van der Waals surface area contributed by atoms with Crippen molar-refractivity contribution in [1.29, 1.82) is 0 Å². The van der Waals surface area contributed by atoms with Gasteiger partial charge in [0.1, 0.15) is 17.4 Å². The van der Waals surface area contributed by atoms with Crippen molar-refractivity contribution >= 4 is 52.2 Å². The SMILES string of the molecule is Cc1sc2c(c1C)C(c1ccc(Cl)cc1)=NC(CC(=O)NCCCOCCOCCOCCCNC(=O)CCCC[C@H]1SC[C@H]3NC(O)N[C@H]31)c1nncn1-2. The van der Waals surface area contributed by atoms with Gasteiger partial charge in [-0.15, -0.1) is 21.5 Å². The Balaban J connectivity index is 0.773. The van der Waals surface area contributed by atoms with E-state index in [0.29, 0.717) is 93.8 Å². The first-order chi connectivity index (χ1) is 26.8. The summed E-state index contributed by atoms with van der Waals surface area (Å²) in [6.45, 7) is 8.21. The Morgan fingerprint density at radius 2 is 1.64 bits per heavy atom. The van der Waals surface area contributed by atoms with Crippen LogP contribution < -0.4 is 21.3 Å². The van der Waals surface area contributed by atoms with E-state index in [4.69, 9.17) is 30.8 Å². The lowest BCUT2D eigenvalue weighted by Gasteiger charge is -2.17. The number of aliphatic hydroxyl groups is 1. The predicted molar refractivity (Wildman–Crippen MR) is 215 cm³/mol. The van der Waals surface area contributed by atoms with Gasteiger partial charge in [0.15, 0.2) is 12.2 Å². The van der Waals surface area contributed by atoms with Crippen molar-refractivity contribution in [2.75, 3.05) is 58.5 Å². The molecule has 2 saturated heterocycles. The van der Waals surface area contributed by atoms with Gasteiger partial charge < -0.3 is 30.0 Å². The molecule has 3 aliphatic rings. The molecule has 3 aliphatic heterocycles. The lowest BCUT2D eigenvalue weighted by molar-refractivity contribution is -0.122. The van der Waals surface area contributed by atoms with Gasteiger partial charge in [-0.05, 0) is 57.2 Å². The fourth-order valence-corrected chi connectivity index (χ4v) is 9.83. The third-order valence-electron chi connectivity index (χ3n) is 9.98. The van der Waals surface area contributed by atoms with Crippen LogP contribution >= 0.6 is 34.7 Å². The van der Waals surface area contributed by atoms with Crippen molar-refractivity contribution in [3.8, 4) is 5.00 Å². The number of thiophene rings is 1. The Bertz CT molecular complexity index is 1740. The zero-order chi connectivity index (χ0) is 38.6. The van der Waals surface area contributed by atoms with Crippen molar-refractivity contribution in [3.05, 3.63) is 63.0 Å². The van der Waals surface area contributed by atoms with Gasteiger partial charge in [0.25, 0.3) is 0 Å². The fraction of sp³-hybridized carbons (Fsp3) is 0.605. The highest BCUT2D eigenvalue weighted by molar-refractivity contribution is 8.00. The van der Waals surface area contributed by atoms with E-state index in [1.165, 1.54) is 4.88 Å². The number of nitrogens with zero attached hydrogens (tertiary/aromatic N) is 4.